The minimum absolute atomic E-state index is 0.0656. The Balaban J connectivity index is 2.57. The molecule has 0 bridgehead atoms. The summed E-state index contributed by atoms with van der Waals surface area (Å²) in [5, 5.41) is 0. The molecule has 116 valence electrons. The average Bonchev–Trinajstić information content (AvgIpc) is 2.51. The highest BCUT2D eigenvalue weighted by Gasteiger charge is 2.40. The van der Waals surface area contributed by atoms with Crippen LogP contribution in [0.2, 0.25) is 0 Å². The maximum Gasteiger partial charge on any atom is 0.223 e. The highest BCUT2D eigenvalue weighted by Crippen LogP contribution is 2.36. The molecule has 2 rings (SSSR count). The molecule has 1 heterocycles. The van der Waals surface area contributed by atoms with E-state index < -0.39 is 29.3 Å². The van der Waals surface area contributed by atoms with Gasteiger partial charge in [-0.3, -0.25) is 4.79 Å². The first-order valence-electron chi connectivity index (χ1n) is 7.25. The predicted octanol–water partition coefficient (Wildman–Crippen LogP) is 3.14. The van der Waals surface area contributed by atoms with Crippen molar-refractivity contribution in [2.75, 3.05) is 0 Å². The van der Waals surface area contributed by atoms with Gasteiger partial charge in [0.05, 0.1) is 6.04 Å². The van der Waals surface area contributed by atoms with E-state index in [-0.39, 0.29) is 11.5 Å². The largest absolute Gasteiger partial charge is 0.329 e. The van der Waals surface area contributed by atoms with E-state index in [2.05, 4.69) is 0 Å². The number of carbonyl (C=O) groups is 1. The monoisotopic (exact) mass is 296 g/mol. The molecule has 5 heteroatoms. The van der Waals surface area contributed by atoms with Gasteiger partial charge in [0, 0.05) is 23.6 Å². The Morgan fingerprint density at radius 2 is 1.95 bits per heavy atom. The fraction of sp³-hybridized carbons (Fsp3) is 0.562. The van der Waals surface area contributed by atoms with Crippen molar-refractivity contribution in [3.63, 3.8) is 0 Å². The Bertz CT molecular complexity index is 540. The number of rotatable bonds is 1. The summed E-state index contributed by atoms with van der Waals surface area (Å²) >= 11 is 0. The van der Waals surface area contributed by atoms with Crippen LogP contribution in [0.4, 0.5) is 8.78 Å². The molecule has 0 aliphatic carbocycles. The molecular weight excluding hydrogens is 274 g/mol. The van der Waals surface area contributed by atoms with E-state index >= 15 is 0 Å². The third-order valence-corrected chi connectivity index (χ3v) is 3.90. The van der Waals surface area contributed by atoms with E-state index in [0.717, 1.165) is 6.07 Å². The highest BCUT2D eigenvalue weighted by molar-refractivity contribution is 5.78. The number of amides is 1. The first kappa shape index (κ1) is 15.9. The molecule has 0 aromatic heterocycles. The van der Waals surface area contributed by atoms with Crippen molar-refractivity contribution < 1.29 is 13.6 Å². The third kappa shape index (κ3) is 3.07. The van der Waals surface area contributed by atoms with Gasteiger partial charge in [-0.25, -0.2) is 8.78 Å². The summed E-state index contributed by atoms with van der Waals surface area (Å²) in [6.07, 6.45) is 1.66. The van der Waals surface area contributed by atoms with Gasteiger partial charge in [0.1, 0.15) is 0 Å². The zero-order chi connectivity index (χ0) is 15.8. The molecule has 0 radical (unpaired) electrons. The minimum Gasteiger partial charge on any atom is -0.329 e. The summed E-state index contributed by atoms with van der Waals surface area (Å²) in [6.45, 7) is 5.65. The number of nitrogens with two attached hydrogens (primary N) is 1. The van der Waals surface area contributed by atoms with Crippen LogP contribution in [-0.4, -0.2) is 22.4 Å². The van der Waals surface area contributed by atoms with Crippen molar-refractivity contribution in [1.82, 2.24) is 4.90 Å². The Labute approximate surface area is 124 Å². The number of nitrogens with zero attached hydrogens (tertiary/aromatic N) is 1. The quantitative estimate of drug-likeness (QED) is 0.865. The van der Waals surface area contributed by atoms with E-state index in [1.165, 1.54) is 12.1 Å². The van der Waals surface area contributed by atoms with E-state index in [0.29, 0.717) is 19.3 Å². The van der Waals surface area contributed by atoms with Gasteiger partial charge >= 0.3 is 0 Å². The molecular formula is C16H22F2N2O. The molecule has 1 aromatic rings. The van der Waals surface area contributed by atoms with Crippen LogP contribution in [0, 0.1) is 11.6 Å². The molecule has 1 fully saturated rings. The number of halogens is 2. The minimum atomic E-state index is -0.915. The summed E-state index contributed by atoms with van der Waals surface area (Å²) in [5.41, 5.74) is 5.84. The van der Waals surface area contributed by atoms with Gasteiger partial charge < -0.3 is 10.6 Å². The van der Waals surface area contributed by atoms with E-state index in [9.17, 15) is 13.6 Å². The van der Waals surface area contributed by atoms with Crippen LogP contribution < -0.4 is 5.73 Å². The second-order valence-corrected chi connectivity index (χ2v) is 6.58. The fourth-order valence-electron chi connectivity index (χ4n) is 3.02. The summed E-state index contributed by atoms with van der Waals surface area (Å²) in [4.78, 5) is 14.1. The second-order valence-electron chi connectivity index (χ2n) is 6.58. The van der Waals surface area contributed by atoms with Crippen molar-refractivity contribution in [1.29, 1.82) is 0 Å². The smallest absolute Gasteiger partial charge is 0.223 e. The lowest BCUT2D eigenvalue weighted by atomic mass is 9.92. The topological polar surface area (TPSA) is 46.3 Å². The summed E-state index contributed by atoms with van der Waals surface area (Å²) in [5.74, 6) is -1.89. The van der Waals surface area contributed by atoms with Crippen molar-refractivity contribution in [3.8, 4) is 0 Å². The SMILES string of the molecule is CC(C)(C)N1C(=O)CCCC(N)C1c1cccc(F)c1F. The zero-order valence-corrected chi connectivity index (χ0v) is 12.7. The van der Waals surface area contributed by atoms with Gasteiger partial charge in [-0.05, 0) is 39.7 Å². The first-order chi connectivity index (χ1) is 9.73. The highest BCUT2D eigenvalue weighted by atomic mass is 19.2. The normalized spacial score (nSPS) is 24.1. The van der Waals surface area contributed by atoms with E-state index in [1.54, 1.807) is 4.90 Å². The summed E-state index contributed by atoms with van der Waals surface area (Å²) in [6, 6.07) is 2.99. The molecule has 21 heavy (non-hydrogen) atoms. The first-order valence-corrected chi connectivity index (χ1v) is 7.25. The molecule has 1 aliphatic heterocycles. The van der Waals surface area contributed by atoms with Gasteiger partial charge in [-0.1, -0.05) is 12.1 Å². The number of hydrogen-bond donors (Lipinski definition) is 1. The zero-order valence-electron chi connectivity index (χ0n) is 12.7. The fourth-order valence-corrected chi connectivity index (χ4v) is 3.02. The maximum atomic E-state index is 14.2. The Morgan fingerprint density at radius 1 is 1.29 bits per heavy atom. The van der Waals surface area contributed by atoms with Crippen LogP contribution in [0.15, 0.2) is 18.2 Å². The summed E-state index contributed by atoms with van der Waals surface area (Å²) in [7, 11) is 0. The molecule has 1 amide bonds. The standard InChI is InChI=1S/C16H22F2N2O/c1-16(2,3)20-13(21)9-5-8-12(19)15(20)10-6-4-7-11(17)14(10)18/h4,6-7,12,15H,5,8-9,19H2,1-3H3. The number of benzene rings is 1. The van der Waals surface area contributed by atoms with Crippen LogP contribution >= 0.6 is 0 Å². The lowest BCUT2D eigenvalue weighted by Crippen LogP contribution is -2.51. The van der Waals surface area contributed by atoms with Gasteiger partial charge in [0.25, 0.3) is 0 Å². The van der Waals surface area contributed by atoms with Crippen molar-refractivity contribution in [2.24, 2.45) is 5.73 Å². The molecule has 1 aliphatic rings. The number of likely N-dealkylation sites (tertiary alicyclic amines) is 1. The van der Waals surface area contributed by atoms with Gasteiger partial charge in [0.2, 0.25) is 5.91 Å². The molecule has 2 atom stereocenters. The molecule has 1 saturated heterocycles. The third-order valence-electron chi connectivity index (χ3n) is 3.90. The maximum absolute atomic E-state index is 14.2. The number of carbonyl (C=O) groups excluding carboxylic acids is 1. The van der Waals surface area contributed by atoms with Gasteiger partial charge in [-0.15, -0.1) is 0 Å². The van der Waals surface area contributed by atoms with Crippen LogP contribution in [0.3, 0.4) is 0 Å². The predicted molar refractivity (Wildman–Crippen MR) is 77.5 cm³/mol. The van der Waals surface area contributed by atoms with Crippen molar-refractivity contribution >= 4 is 5.91 Å². The van der Waals surface area contributed by atoms with Crippen LogP contribution in [0.1, 0.15) is 51.6 Å². The second kappa shape index (κ2) is 5.72. The number of hydrogen-bond acceptors (Lipinski definition) is 2. The lowest BCUT2D eigenvalue weighted by molar-refractivity contribution is -0.139. The molecule has 3 nitrogen and oxygen atoms in total. The Hall–Kier alpha value is -1.49. The molecule has 0 spiro atoms. The van der Waals surface area contributed by atoms with Crippen LogP contribution in [-0.2, 0) is 4.79 Å². The lowest BCUT2D eigenvalue weighted by Gasteiger charge is -2.43. The average molecular weight is 296 g/mol. The van der Waals surface area contributed by atoms with Gasteiger partial charge in [-0.2, -0.15) is 0 Å². The van der Waals surface area contributed by atoms with Crippen molar-refractivity contribution in [3.05, 3.63) is 35.4 Å². The molecule has 2 N–H and O–H groups in total. The Morgan fingerprint density at radius 3 is 2.57 bits per heavy atom. The van der Waals surface area contributed by atoms with Crippen LogP contribution in [0.5, 0.6) is 0 Å². The van der Waals surface area contributed by atoms with Crippen molar-refractivity contribution in [2.45, 2.75) is 57.7 Å². The molecule has 1 aromatic carbocycles. The summed E-state index contributed by atoms with van der Waals surface area (Å²) < 4.78 is 27.8. The van der Waals surface area contributed by atoms with Crippen LogP contribution in [0.25, 0.3) is 0 Å². The molecule has 2 unspecified atom stereocenters. The van der Waals surface area contributed by atoms with E-state index in [4.69, 9.17) is 5.73 Å². The van der Waals surface area contributed by atoms with E-state index in [1.807, 2.05) is 20.8 Å². The Kier molecular flexibility index (Phi) is 4.33. The molecule has 0 saturated carbocycles. The van der Waals surface area contributed by atoms with Gasteiger partial charge in [0.15, 0.2) is 11.6 Å².